The molecule has 0 atom stereocenters. The van der Waals surface area contributed by atoms with E-state index in [1.54, 1.807) is 28.5 Å². The number of hydrogen-bond acceptors (Lipinski definition) is 7. The van der Waals surface area contributed by atoms with Crippen molar-refractivity contribution in [2.75, 3.05) is 31.1 Å². The Balaban J connectivity index is 1.32. The fraction of sp³-hybridized carbons (Fsp3) is 0.238. The lowest BCUT2D eigenvalue weighted by Crippen LogP contribution is -2.50. The molecule has 5 heterocycles. The van der Waals surface area contributed by atoms with Crippen LogP contribution in [0.5, 0.6) is 0 Å². The van der Waals surface area contributed by atoms with Crippen LogP contribution in [0.15, 0.2) is 52.3 Å². The zero-order valence-corrected chi connectivity index (χ0v) is 18.8. The van der Waals surface area contributed by atoms with Crippen LogP contribution in [0.3, 0.4) is 0 Å². The Labute approximate surface area is 191 Å². The van der Waals surface area contributed by atoms with E-state index in [1.807, 2.05) is 29.0 Å². The van der Waals surface area contributed by atoms with Gasteiger partial charge in [-0.1, -0.05) is 17.7 Å². The summed E-state index contributed by atoms with van der Waals surface area (Å²) in [4.78, 5) is 40.4. The summed E-state index contributed by atoms with van der Waals surface area (Å²) in [5.74, 6) is 0.642. The van der Waals surface area contributed by atoms with Gasteiger partial charge in [0.2, 0.25) is 5.91 Å². The van der Waals surface area contributed by atoms with Gasteiger partial charge in [0, 0.05) is 48.2 Å². The van der Waals surface area contributed by atoms with Crippen molar-refractivity contribution in [1.82, 2.24) is 19.4 Å². The highest BCUT2D eigenvalue weighted by molar-refractivity contribution is 7.18. The third kappa shape index (κ3) is 3.84. The zero-order chi connectivity index (χ0) is 21.4. The van der Waals surface area contributed by atoms with Crippen LogP contribution in [-0.4, -0.2) is 51.5 Å². The van der Waals surface area contributed by atoms with Crippen molar-refractivity contribution < 1.29 is 4.79 Å². The van der Waals surface area contributed by atoms with Crippen LogP contribution >= 0.6 is 34.3 Å². The number of amides is 1. The number of rotatable bonds is 4. The molecular formula is C21H18ClN5O2S2. The molecule has 0 N–H and O–H groups in total. The minimum Gasteiger partial charge on any atom is -0.352 e. The molecule has 0 bridgehead atoms. The normalized spacial score (nSPS) is 14.4. The maximum atomic E-state index is 13.1. The van der Waals surface area contributed by atoms with Gasteiger partial charge in [0.15, 0.2) is 0 Å². The molecule has 5 rings (SSSR count). The SMILES string of the molecule is O=C(Cn1cnc2scc(-c3cccs3)c2c1=O)N1CCN(c2ncccc2Cl)CC1. The van der Waals surface area contributed by atoms with Crippen LogP contribution in [0.25, 0.3) is 20.7 Å². The monoisotopic (exact) mass is 471 g/mol. The maximum absolute atomic E-state index is 13.1. The molecule has 10 heteroatoms. The first-order valence-electron chi connectivity index (χ1n) is 9.75. The summed E-state index contributed by atoms with van der Waals surface area (Å²) in [7, 11) is 0. The number of aromatic nitrogens is 3. The molecule has 0 saturated carbocycles. The number of nitrogens with zero attached hydrogens (tertiary/aromatic N) is 5. The van der Waals surface area contributed by atoms with Gasteiger partial charge in [-0.05, 0) is 23.6 Å². The zero-order valence-electron chi connectivity index (χ0n) is 16.4. The summed E-state index contributed by atoms with van der Waals surface area (Å²) in [6, 6.07) is 7.55. The first kappa shape index (κ1) is 20.2. The van der Waals surface area contributed by atoms with E-state index in [4.69, 9.17) is 11.6 Å². The molecule has 0 radical (unpaired) electrons. The standard InChI is InChI=1S/C21H18ClN5O2S2/c22-15-3-1-5-23-19(15)26-8-6-25(7-9-26)17(28)11-27-13-24-20-18(21(27)29)14(12-31-20)16-4-2-10-30-16/h1-5,10,12-13H,6-9,11H2. The average Bonchev–Trinajstić information content (AvgIpc) is 3.46. The van der Waals surface area contributed by atoms with E-state index in [9.17, 15) is 9.59 Å². The molecule has 1 aliphatic rings. The second-order valence-corrected chi connectivity index (χ2v) is 9.37. The van der Waals surface area contributed by atoms with Crippen LogP contribution in [0.4, 0.5) is 5.82 Å². The number of pyridine rings is 1. The Morgan fingerprint density at radius 2 is 1.94 bits per heavy atom. The lowest BCUT2D eigenvalue weighted by Gasteiger charge is -2.35. The van der Waals surface area contributed by atoms with Gasteiger partial charge >= 0.3 is 0 Å². The summed E-state index contributed by atoms with van der Waals surface area (Å²) in [5, 5.41) is 5.12. The summed E-state index contributed by atoms with van der Waals surface area (Å²) in [5.41, 5.74) is 0.706. The van der Waals surface area contributed by atoms with Crippen LogP contribution in [-0.2, 0) is 11.3 Å². The van der Waals surface area contributed by atoms with Crippen molar-refractivity contribution in [2.45, 2.75) is 6.54 Å². The minimum absolute atomic E-state index is 0.0220. The molecule has 0 unspecified atom stereocenters. The van der Waals surface area contributed by atoms with Crippen LogP contribution in [0.1, 0.15) is 0 Å². The van der Waals surface area contributed by atoms with E-state index in [0.717, 1.165) is 16.3 Å². The van der Waals surface area contributed by atoms with Crippen molar-refractivity contribution in [3.63, 3.8) is 0 Å². The summed E-state index contributed by atoms with van der Waals surface area (Å²) in [6.45, 7) is 2.36. The molecule has 1 amide bonds. The summed E-state index contributed by atoms with van der Waals surface area (Å²) >= 11 is 9.27. The number of halogens is 1. The predicted molar refractivity (Wildman–Crippen MR) is 125 cm³/mol. The van der Waals surface area contributed by atoms with Gasteiger partial charge in [-0.2, -0.15) is 0 Å². The molecule has 31 heavy (non-hydrogen) atoms. The van der Waals surface area contributed by atoms with Gasteiger partial charge in [-0.25, -0.2) is 9.97 Å². The van der Waals surface area contributed by atoms with Crippen LogP contribution < -0.4 is 10.5 Å². The first-order chi connectivity index (χ1) is 15.1. The molecule has 0 spiro atoms. The molecule has 0 aromatic carbocycles. The molecule has 4 aromatic rings. The van der Waals surface area contributed by atoms with E-state index in [0.29, 0.717) is 41.4 Å². The van der Waals surface area contributed by atoms with Gasteiger partial charge < -0.3 is 9.80 Å². The highest BCUT2D eigenvalue weighted by Gasteiger charge is 2.24. The largest absolute Gasteiger partial charge is 0.352 e. The molecule has 0 aliphatic carbocycles. The highest BCUT2D eigenvalue weighted by atomic mass is 35.5. The van der Waals surface area contributed by atoms with Crippen LogP contribution in [0.2, 0.25) is 5.02 Å². The van der Waals surface area contributed by atoms with Crippen molar-refractivity contribution in [1.29, 1.82) is 0 Å². The third-order valence-corrected chi connectivity index (χ3v) is 7.41. The van der Waals surface area contributed by atoms with Gasteiger partial charge in [-0.15, -0.1) is 22.7 Å². The fourth-order valence-corrected chi connectivity index (χ4v) is 5.68. The quantitative estimate of drug-likeness (QED) is 0.455. The highest BCUT2D eigenvalue weighted by Crippen LogP contribution is 2.33. The van der Waals surface area contributed by atoms with Crippen LogP contribution in [0, 0.1) is 0 Å². The molecule has 1 fully saturated rings. The second kappa shape index (κ2) is 8.41. The van der Waals surface area contributed by atoms with Crippen molar-refractivity contribution in [3.05, 3.63) is 62.9 Å². The summed E-state index contributed by atoms with van der Waals surface area (Å²) < 4.78 is 1.41. The number of carbonyl (C=O) groups is 1. The molecule has 7 nitrogen and oxygen atoms in total. The van der Waals surface area contributed by atoms with E-state index >= 15 is 0 Å². The van der Waals surface area contributed by atoms with Crippen molar-refractivity contribution >= 4 is 56.2 Å². The molecule has 158 valence electrons. The number of fused-ring (bicyclic) bond motifs is 1. The maximum Gasteiger partial charge on any atom is 0.263 e. The summed E-state index contributed by atoms with van der Waals surface area (Å²) in [6.07, 6.45) is 3.18. The smallest absolute Gasteiger partial charge is 0.263 e. The number of hydrogen-bond donors (Lipinski definition) is 0. The number of carbonyl (C=O) groups excluding carboxylic acids is 1. The minimum atomic E-state index is -0.179. The third-order valence-electron chi connectivity index (χ3n) is 5.32. The van der Waals surface area contributed by atoms with E-state index in [1.165, 1.54) is 22.2 Å². The number of thiophene rings is 2. The topological polar surface area (TPSA) is 71.3 Å². The Kier molecular flexibility index (Phi) is 5.47. The second-order valence-electron chi connectivity index (χ2n) is 7.16. The Morgan fingerprint density at radius 3 is 2.68 bits per heavy atom. The predicted octanol–water partition coefficient (Wildman–Crippen LogP) is 3.58. The molecule has 4 aromatic heterocycles. The molecule has 1 aliphatic heterocycles. The lowest BCUT2D eigenvalue weighted by atomic mass is 10.2. The van der Waals surface area contributed by atoms with E-state index < -0.39 is 0 Å². The van der Waals surface area contributed by atoms with Crippen molar-refractivity contribution in [2.24, 2.45) is 0 Å². The van der Waals surface area contributed by atoms with E-state index in [2.05, 4.69) is 14.9 Å². The van der Waals surface area contributed by atoms with Gasteiger partial charge in [0.25, 0.3) is 5.56 Å². The Bertz CT molecular complexity index is 1290. The van der Waals surface area contributed by atoms with Crippen molar-refractivity contribution in [3.8, 4) is 10.4 Å². The number of anilines is 1. The average molecular weight is 472 g/mol. The lowest BCUT2D eigenvalue weighted by molar-refractivity contribution is -0.132. The number of piperazine rings is 1. The van der Waals surface area contributed by atoms with Gasteiger partial charge in [0.1, 0.15) is 17.2 Å². The fourth-order valence-electron chi connectivity index (χ4n) is 3.72. The van der Waals surface area contributed by atoms with Gasteiger partial charge in [-0.3, -0.25) is 14.2 Å². The first-order valence-corrected chi connectivity index (χ1v) is 11.9. The van der Waals surface area contributed by atoms with E-state index in [-0.39, 0.29) is 18.0 Å². The molecular weight excluding hydrogens is 454 g/mol. The Morgan fingerprint density at radius 1 is 1.10 bits per heavy atom. The Hall–Kier alpha value is -2.75. The van der Waals surface area contributed by atoms with Gasteiger partial charge in [0.05, 0.1) is 16.7 Å². The molecule has 1 saturated heterocycles.